The highest BCUT2D eigenvalue weighted by molar-refractivity contribution is 6.14. The van der Waals surface area contributed by atoms with Gasteiger partial charge in [0.25, 0.3) is 5.91 Å². The van der Waals surface area contributed by atoms with Crippen molar-refractivity contribution in [2.75, 3.05) is 11.1 Å². The van der Waals surface area contributed by atoms with E-state index in [0.29, 0.717) is 11.4 Å². The van der Waals surface area contributed by atoms with Gasteiger partial charge in [-0.1, -0.05) is 42.5 Å². The number of anilines is 2. The first-order valence-corrected chi connectivity index (χ1v) is 6.25. The lowest BCUT2D eigenvalue weighted by Crippen LogP contribution is -2.13. The molecule has 2 aromatic carbocycles. The third-order valence-electron chi connectivity index (χ3n) is 3.10. The van der Waals surface area contributed by atoms with E-state index < -0.39 is 0 Å². The molecule has 0 saturated heterocycles. The molecule has 0 saturated carbocycles. The second-order valence-corrected chi connectivity index (χ2v) is 4.42. The molecule has 3 rings (SSSR count). The van der Waals surface area contributed by atoms with Crippen LogP contribution in [0.1, 0.15) is 10.4 Å². The molecule has 0 bridgehead atoms. The lowest BCUT2D eigenvalue weighted by molar-refractivity contribution is 0.102. The highest BCUT2D eigenvalue weighted by atomic mass is 16.1. The molecule has 4 heteroatoms. The minimum atomic E-state index is -0.195. The number of nitrogens with one attached hydrogen (secondary N) is 1. The zero-order chi connectivity index (χ0) is 13.9. The van der Waals surface area contributed by atoms with Crippen LogP contribution in [0.4, 0.5) is 11.5 Å². The number of pyridine rings is 1. The first-order valence-electron chi connectivity index (χ1n) is 6.25. The van der Waals surface area contributed by atoms with Crippen molar-refractivity contribution in [1.82, 2.24) is 4.98 Å². The molecule has 98 valence electrons. The topological polar surface area (TPSA) is 68.0 Å². The van der Waals surface area contributed by atoms with E-state index in [1.807, 2.05) is 54.6 Å². The summed E-state index contributed by atoms with van der Waals surface area (Å²) < 4.78 is 0. The zero-order valence-electron chi connectivity index (χ0n) is 10.7. The van der Waals surface area contributed by atoms with Crippen LogP contribution >= 0.6 is 0 Å². The smallest absolute Gasteiger partial charge is 0.257 e. The molecule has 0 aliphatic carbocycles. The van der Waals surface area contributed by atoms with Gasteiger partial charge in [0.1, 0.15) is 5.82 Å². The number of amides is 1. The third-order valence-corrected chi connectivity index (χ3v) is 3.10. The highest BCUT2D eigenvalue weighted by Crippen LogP contribution is 2.23. The van der Waals surface area contributed by atoms with Crippen LogP contribution in [0, 0.1) is 0 Å². The van der Waals surface area contributed by atoms with Crippen molar-refractivity contribution in [2.24, 2.45) is 0 Å². The minimum absolute atomic E-state index is 0.195. The van der Waals surface area contributed by atoms with Crippen LogP contribution in [0.3, 0.4) is 0 Å². The Morgan fingerprint density at radius 1 is 0.950 bits per heavy atom. The van der Waals surface area contributed by atoms with Gasteiger partial charge in [0.05, 0.1) is 5.56 Å². The van der Waals surface area contributed by atoms with E-state index in [4.69, 9.17) is 5.73 Å². The number of nitrogens with two attached hydrogens (primary N) is 1. The molecule has 3 aromatic rings. The molecule has 0 radical (unpaired) electrons. The molecule has 4 nitrogen and oxygen atoms in total. The monoisotopic (exact) mass is 263 g/mol. The third kappa shape index (κ3) is 2.19. The van der Waals surface area contributed by atoms with Gasteiger partial charge in [-0.05, 0) is 17.5 Å². The summed E-state index contributed by atoms with van der Waals surface area (Å²) in [6.45, 7) is 0. The molecular formula is C16H13N3O. The Kier molecular flexibility index (Phi) is 3.05. The molecule has 0 aliphatic heterocycles. The molecule has 0 fully saturated rings. The van der Waals surface area contributed by atoms with E-state index in [2.05, 4.69) is 10.3 Å². The Morgan fingerprint density at radius 2 is 1.60 bits per heavy atom. The van der Waals surface area contributed by atoms with Crippen LogP contribution < -0.4 is 11.1 Å². The summed E-state index contributed by atoms with van der Waals surface area (Å²) in [7, 11) is 0. The highest BCUT2D eigenvalue weighted by Gasteiger charge is 2.12. The number of rotatable bonds is 2. The van der Waals surface area contributed by atoms with E-state index in [-0.39, 0.29) is 5.91 Å². The van der Waals surface area contributed by atoms with Crippen molar-refractivity contribution < 1.29 is 4.79 Å². The second-order valence-electron chi connectivity index (χ2n) is 4.42. The lowest BCUT2D eigenvalue weighted by atomic mass is 10.1. The van der Waals surface area contributed by atoms with E-state index in [1.165, 1.54) is 6.20 Å². The van der Waals surface area contributed by atoms with Gasteiger partial charge in [-0.2, -0.15) is 0 Å². The van der Waals surface area contributed by atoms with Crippen molar-refractivity contribution in [1.29, 1.82) is 0 Å². The summed E-state index contributed by atoms with van der Waals surface area (Å²) in [5.41, 5.74) is 7.10. The lowest BCUT2D eigenvalue weighted by Gasteiger charge is -2.08. The largest absolute Gasteiger partial charge is 0.383 e. The maximum absolute atomic E-state index is 12.3. The van der Waals surface area contributed by atoms with Gasteiger partial charge in [0.15, 0.2) is 0 Å². The number of carbonyl (C=O) groups excluding carboxylic acids is 1. The van der Waals surface area contributed by atoms with Crippen LogP contribution in [0.15, 0.2) is 60.8 Å². The SMILES string of the molecule is Nc1ncc(C(=O)Nc2ccccc2)c2ccccc12. The van der Waals surface area contributed by atoms with Gasteiger partial charge in [-0.3, -0.25) is 4.79 Å². The molecule has 3 N–H and O–H groups in total. The van der Waals surface area contributed by atoms with E-state index >= 15 is 0 Å². The Bertz CT molecular complexity index is 769. The molecule has 0 aliphatic rings. The predicted molar refractivity (Wildman–Crippen MR) is 80.6 cm³/mol. The first-order chi connectivity index (χ1) is 9.75. The molecule has 20 heavy (non-hydrogen) atoms. The fourth-order valence-corrected chi connectivity index (χ4v) is 2.12. The normalized spacial score (nSPS) is 10.4. The molecule has 1 amide bonds. The average molecular weight is 263 g/mol. The number of aromatic nitrogens is 1. The zero-order valence-corrected chi connectivity index (χ0v) is 10.7. The van der Waals surface area contributed by atoms with Gasteiger partial charge in [-0.15, -0.1) is 0 Å². The molecular weight excluding hydrogens is 250 g/mol. The van der Waals surface area contributed by atoms with Crippen molar-refractivity contribution >= 4 is 28.2 Å². The summed E-state index contributed by atoms with van der Waals surface area (Å²) in [6, 6.07) is 16.8. The molecule has 1 aromatic heterocycles. The summed E-state index contributed by atoms with van der Waals surface area (Å²) >= 11 is 0. The van der Waals surface area contributed by atoms with Crippen molar-refractivity contribution in [3.8, 4) is 0 Å². The maximum atomic E-state index is 12.3. The number of hydrogen-bond acceptors (Lipinski definition) is 3. The first kappa shape index (κ1) is 12.2. The Hall–Kier alpha value is -2.88. The van der Waals surface area contributed by atoms with Crippen LogP contribution in [0.2, 0.25) is 0 Å². The number of carbonyl (C=O) groups is 1. The maximum Gasteiger partial charge on any atom is 0.257 e. The number of para-hydroxylation sites is 1. The quantitative estimate of drug-likeness (QED) is 0.746. The molecule has 0 atom stereocenters. The Morgan fingerprint density at radius 3 is 2.35 bits per heavy atom. The summed E-state index contributed by atoms with van der Waals surface area (Å²) in [6.07, 6.45) is 1.51. The molecule has 1 heterocycles. The number of hydrogen-bond donors (Lipinski definition) is 2. The average Bonchev–Trinajstić information content (AvgIpc) is 2.49. The standard InChI is InChI=1S/C16H13N3O/c17-15-13-9-5-4-8-12(13)14(10-18-15)16(20)19-11-6-2-1-3-7-11/h1-10H,(H2,17,18)(H,19,20). The Labute approximate surface area is 116 Å². The molecule has 0 spiro atoms. The van der Waals surface area contributed by atoms with Gasteiger partial charge in [0.2, 0.25) is 0 Å². The van der Waals surface area contributed by atoms with Crippen molar-refractivity contribution in [3.63, 3.8) is 0 Å². The fourth-order valence-electron chi connectivity index (χ4n) is 2.12. The van der Waals surface area contributed by atoms with Gasteiger partial charge < -0.3 is 11.1 Å². The number of benzene rings is 2. The van der Waals surface area contributed by atoms with Crippen LogP contribution in [0.25, 0.3) is 10.8 Å². The number of fused-ring (bicyclic) bond motifs is 1. The number of nitrogens with zero attached hydrogens (tertiary/aromatic N) is 1. The summed E-state index contributed by atoms with van der Waals surface area (Å²) in [4.78, 5) is 16.4. The van der Waals surface area contributed by atoms with Crippen LogP contribution in [0.5, 0.6) is 0 Å². The summed E-state index contributed by atoms with van der Waals surface area (Å²) in [5.74, 6) is 0.233. The van der Waals surface area contributed by atoms with Gasteiger partial charge >= 0.3 is 0 Å². The minimum Gasteiger partial charge on any atom is -0.383 e. The van der Waals surface area contributed by atoms with E-state index in [1.54, 1.807) is 0 Å². The van der Waals surface area contributed by atoms with Crippen LogP contribution in [-0.4, -0.2) is 10.9 Å². The number of nitrogen functional groups attached to an aromatic ring is 1. The second kappa shape index (κ2) is 5.01. The van der Waals surface area contributed by atoms with Gasteiger partial charge in [-0.25, -0.2) is 4.98 Å². The Balaban J connectivity index is 2.02. The van der Waals surface area contributed by atoms with E-state index in [0.717, 1.165) is 16.5 Å². The van der Waals surface area contributed by atoms with Crippen molar-refractivity contribution in [2.45, 2.75) is 0 Å². The van der Waals surface area contributed by atoms with Gasteiger partial charge in [0, 0.05) is 17.3 Å². The van der Waals surface area contributed by atoms with Crippen LogP contribution in [-0.2, 0) is 0 Å². The predicted octanol–water partition coefficient (Wildman–Crippen LogP) is 3.07. The van der Waals surface area contributed by atoms with Crippen molar-refractivity contribution in [3.05, 3.63) is 66.4 Å². The fraction of sp³-hybridized carbons (Fsp3) is 0. The summed E-state index contributed by atoms with van der Waals surface area (Å²) in [5, 5.41) is 4.43. The molecule has 0 unspecified atom stereocenters. The van der Waals surface area contributed by atoms with E-state index in [9.17, 15) is 4.79 Å².